The van der Waals surface area contributed by atoms with Gasteiger partial charge in [-0.2, -0.15) is 0 Å². The van der Waals surface area contributed by atoms with Gasteiger partial charge < -0.3 is 9.47 Å². The van der Waals surface area contributed by atoms with Crippen LogP contribution in [0.1, 0.15) is 35.1 Å². The number of fused-ring (bicyclic) bond motifs is 2. The molecule has 2 aliphatic heterocycles. The van der Waals surface area contributed by atoms with E-state index in [1.807, 2.05) is 6.07 Å². The Kier molecular flexibility index (Phi) is 7.13. The monoisotopic (exact) mass is 399 g/mol. The van der Waals surface area contributed by atoms with E-state index < -0.39 is 0 Å². The Hall–Kier alpha value is -1.86. The molecular formula is C22H29N3O2S. The highest BCUT2D eigenvalue weighted by atomic mass is 32.2. The Morgan fingerprint density at radius 2 is 1.89 bits per heavy atom. The van der Waals surface area contributed by atoms with Gasteiger partial charge in [0.15, 0.2) is 0 Å². The van der Waals surface area contributed by atoms with Crippen LogP contribution in [0.5, 0.6) is 5.75 Å². The van der Waals surface area contributed by atoms with Gasteiger partial charge in [0.2, 0.25) is 0 Å². The summed E-state index contributed by atoms with van der Waals surface area (Å²) in [5.74, 6) is 1.53. The summed E-state index contributed by atoms with van der Waals surface area (Å²) in [5.41, 5.74) is 6.46. The maximum Gasteiger partial charge on any atom is 0.119 e. The highest BCUT2D eigenvalue weighted by molar-refractivity contribution is 7.94. The summed E-state index contributed by atoms with van der Waals surface area (Å²) >= 11 is 1.34. The van der Waals surface area contributed by atoms with Crippen molar-refractivity contribution in [3.8, 4) is 5.75 Å². The topological polar surface area (TPSA) is 60.1 Å². The molecule has 0 spiro atoms. The van der Waals surface area contributed by atoms with Crippen LogP contribution in [0, 0.1) is 5.92 Å². The highest BCUT2D eigenvalue weighted by Crippen LogP contribution is 2.42. The van der Waals surface area contributed by atoms with E-state index in [4.69, 9.17) is 9.88 Å². The molecule has 2 unspecified atom stereocenters. The minimum Gasteiger partial charge on any atom is -0.497 e. The van der Waals surface area contributed by atoms with Crippen molar-refractivity contribution in [2.45, 2.75) is 25.8 Å². The number of ether oxygens (including phenoxy) is 2. The summed E-state index contributed by atoms with van der Waals surface area (Å²) in [5, 5.41) is 5.77. The van der Waals surface area contributed by atoms with Crippen LogP contribution in [-0.4, -0.2) is 38.4 Å². The molecule has 5 nitrogen and oxygen atoms in total. The summed E-state index contributed by atoms with van der Waals surface area (Å²) in [6, 6.07) is 13.1. The van der Waals surface area contributed by atoms with Gasteiger partial charge in [0, 0.05) is 57.5 Å². The van der Waals surface area contributed by atoms with Crippen molar-refractivity contribution in [2.75, 3.05) is 27.9 Å². The summed E-state index contributed by atoms with van der Waals surface area (Å²) in [4.78, 5) is 4.63. The molecule has 0 fully saturated rings. The van der Waals surface area contributed by atoms with Crippen molar-refractivity contribution in [2.24, 2.45) is 16.0 Å². The molecule has 0 aromatic heterocycles. The third kappa shape index (κ3) is 4.41. The fourth-order valence-corrected chi connectivity index (χ4v) is 4.32. The molecule has 2 N–H and O–H groups in total. The zero-order valence-corrected chi connectivity index (χ0v) is 17.8. The molecule has 150 valence electrons. The van der Waals surface area contributed by atoms with Crippen LogP contribution < -0.4 is 9.88 Å². The van der Waals surface area contributed by atoms with Crippen LogP contribution in [0.25, 0.3) is 0 Å². The fraction of sp³-hybridized carbons (Fsp3) is 0.409. The van der Waals surface area contributed by atoms with Crippen molar-refractivity contribution >= 4 is 24.0 Å². The molecule has 4 rings (SSSR count). The quantitative estimate of drug-likeness (QED) is 0.779. The molecular weight excluding hydrogens is 370 g/mol. The molecule has 0 saturated heterocycles. The second kappa shape index (κ2) is 9.56. The molecule has 0 radical (unpaired) electrons. The van der Waals surface area contributed by atoms with Gasteiger partial charge in [-0.15, -0.1) is 0 Å². The minimum atomic E-state index is 0.300. The summed E-state index contributed by atoms with van der Waals surface area (Å²) in [6.07, 6.45) is 3.13. The molecule has 2 aliphatic rings. The van der Waals surface area contributed by atoms with E-state index in [0.717, 1.165) is 30.9 Å². The first kappa shape index (κ1) is 20.9. The zero-order valence-electron chi connectivity index (χ0n) is 17.0. The first-order valence-electron chi connectivity index (χ1n) is 9.47. The molecule has 0 saturated carbocycles. The SMILES string of the molecule is COC.COc1ccc2c(c1)C(c1ccc3c(c1)CN(SN)CC3)C(C)C=N2. The number of hydrogen-bond acceptors (Lipinski definition) is 6. The number of rotatable bonds is 3. The fourth-order valence-electron chi connectivity index (χ4n) is 3.91. The Morgan fingerprint density at radius 3 is 2.61 bits per heavy atom. The van der Waals surface area contributed by atoms with Crippen LogP contribution in [0.15, 0.2) is 41.4 Å². The number of aliphatic imine (C=N–C) groups is 1. The lowest BCUT2D eigenvalue weighted by molar-refractivity contribution is 0.277. The van der Waals surface area contributed by atoms with Crippen molar-refractivity contribution in [1.82, 2.24) is 4.31 Å². The van der Waals surface area contributed by atoms with E-state index in [1.54, 1.807) is 21.3 Å². The van der Waals surface area contributed by atoms with E-state index in [-0.39, 0.29) is 0 Å². The number of hydrogen-bond donors (Lipinski definition) is 1. The first-order chi connectivity index (χ1) is 13.6. The maximum atomic E-state index is 5.77. The van der Waals surface area contributed by atoms with Gasteiger partial charge in [-0.1, -0.05) is 25.1 Å². The zero-order chi connectivity index (χ0) is 20.1. The predicted octanol–water partition coefficient (Wildman–Crippen LogP) is 4.32. The standard InChI is InChI=1S/C20H23N3OS.C2H6O/c1-13-11-22-19-6-5-17(24-2)10-18(19)20(13)15-4-3-14-7-8-23(25-21)12-16(14)9-15;1-3-2/h3-6,9-11,13,20H,7-8,12,21H2,1-2H3;1-2H3. The Bertz CT molecular complexity index is 841. The third-order valence-corrected chi connectivity index (χ3v) is 5.87. The van der Waals surface area contributed by atoms with E-state index in [0.29, 0.717) is 11.8 Å². The Labute approximate surface area is 172 Å². The van der Waals surface area contributed by atoms with Gasteiger partial charge >= 0.3 is 0 Å². The van der Waals surface area contributed by atoms with Crippen LogP contribution in [-0.2, 0) is 17.7 Å². The Morgan fingerprint density at radius 1 is 1.11 bits per heavy atom. The number of nitrogens with zero attached hydrogens (tertiary/aromatic N) is 2. The van der Waals surface area contributed by atoms with Crippen molar-refractivity contribution in [3.63, 3.8) is 0 Å². The van der Waals surface area contributed by atoms with Gasteiger partial charge in [0.1, 0.15) is 5.75 Å². The largest absolute Gasteiger partial charge is 0.497 e. The average molecular weight is 400 g/mol. The molecule has 0 aliphatic carbocycles. The lowest BCUT2D eigenvalue weighted by Crippen LogP contribution is -2.26. The predicted molar refractivity (Wildman–Crippen MR) is 117 cm³/mol. The van der Waals surface area contributed by atoms with Crippen molar-refractivity contribution in [1.29, 1.82) is 0 Å². The number of nitrogens with two attached hydrogens (primary N) is 1. The third-order valence-electron chi connectivity index (χ3n) is 5.26. The van der Waals surface area contributed by atoms with Crippen LogP contribution in [0.3, 0.4) is 0 Å². The summed E-state index contributed by atoms with van der Waals surface area (Å²) in [7, 11) is 4.96. The lowest BCUT2D eigenvalue weighted by Gasteiger charge is -2.30. The molecule has 0 amide bonds. The van der Waals surface area contributed by atoms with Gasteiger partial charge in [-0.25, -0.2) is 4.31 Å². The van der Waals surface area contributed by atoms with Gasteiger partial charge in [-0.3, -0.25) is 10.1 Å². The van der Waals surface area contributed by atoms with Gasteiger partial charge in [-0.05, 0) is 46.9 Å². The van der Waals surface area contributed by atoms with E-state index in [1.165, 1.54) is 34.4 Å². The summed E-state index contributed by atoms with van der Waals surface area (Å²) in [6.45, 7) is 4.16. The molecule has 2 aromatic rings. The number of benzene rings is 2. The maximum absolute atomic E-state index is 5.77. The van der Waals surface area contributed by atoms with Crippen LogP contribution in [0.4, 0.5) is 5.69 Å². The minimum absolute atomic E-state index is 0.300. The van der Waals surface area contributed by atoms with E-state index in [9.17, 15) is 0 Å². The number of methoxy groups -OCH3 is 2. The molecule has 2 aromatic carbocycles. The van der Waals surface area contributed by atoms with Gasteiger partial charge in [0.25, 0.3) is 0 Å². The lowest BCUT2D eigenvalue weighted by atomic mass is 9.78. The van der Waals surface area contributed by atoms with E-state index in [2.05, 4.69) is 57.5 Å². The van der Waals surface area contributed by atoms with Crippen molar-refractivity contribution in [3.05, 3.63) is 58.7 Å². The Balaban J connectivity index is 0.000000706. The molecule has 6 heteroatoms. The molecule has 2 heterocycles. The van der Waals surface area contributed by atoms with Crippen molar-refractivity contribution < 1.29 is 9.47 Å². The average Bonchev–Trinajstić information content (AvgIpc) is 2.73. The molecule has 28 heavy (non-hydrogen) atoms. The first-order valence-corrected chi connectivity index (χ1v) is 10.3. The van der Waals surface area contributed by atoms with Crippen LogP contribution >= 0.6 is 12.1 Å². The van der Waals surface area contributed by atoms with E-state index >= 15 is 0 Å². The smallest absolute Gasteiger partial charge is 0.119 e. The normalized spacial score (nSPS) is 20.6. The highest BCUT2D eigenvalue weighted by Gasteiger charge is 2.28. The summed E-state index contributed by atoms with van der Waals surface area (Å²) < 4.78 is 11.9. The van der Waals surface area contributed by atoms with Crippen LogP contribution in [0.2, 0.25) is 0 Å². The second-order valence-corrected chi connectivity index (χ2v) is 7.92. The molecule has 2 atom stereocenters. The van der Waals surface area contributed by atoms with Gasteiger partial charge in [0.05, 0.1) is 12.8 Å². The second-order valence-electron chi connectivity index (χ2n) is 7.20. The molecule has 0 bridgehead atoms.